The molecular formula is C22H26ClN2O3+. The molecule has 2 aromatic carbocycles. The van der Waals surface area contributed by atoms with Crippen molar-refractivity contribution in [2.75, 3.05) is 40.4 Å². The fraction of sp³-hybridized carbons (Fsp3) is 0.318. The standard InChI is InChI=1S/C22H25ClN2O3/c1-27-20-8-6-18(15-21(20)28-2)16-24-10-12-25(13-11-24)22(26)9-7-17-4-3-5-19(23)14-17/h3-9,14-15H,10-13,16H2,1-2H3/p+1/b9-7+. The van der Waals surface area contributed by atoms with Crippen molar-refractivity contribution >= 4 is 23.6 Å². The zero-order valence-electron chi connectivity index (χ0n) is 16.3. The molecule has 1 amide bonds. The van der Waals surface area contributed by atoms with Crippen LogP contribution in [0.5, 0.6) is 11.5 Å². The number of amides is 1. The maximum Gasteiger partial charge on any atom is 0.246 e. The molecule has 5 nitrogen and oxygen atoms in total. The number of halogens is 1. The Morgan fingerprint density at radius 3 is 2.54 bits per heavy atom. The van der Waals surface area contributed by atoms with Gasteiger partial charge in [-0.3, -0.25) is 4.79 Å². The maximum atomic E-state index is 12.4. The third-order valence-electron chi connectivity index (χ3n) is 4.95. The summed E-state index contributed by atoms with van der Waals surface area (Å²) in [7, 11) is 3.29. The van der Waals surface area contributed by atoms with Gasteiger partial charge in [-0.05, 0) is 42.0 Å². The van der Waals surface area contributed by atoms with E-state index in [2.05, 4.69) is 6.07 Å². The second-order valence-electron chi connectivity index (χ2n) is 6.83. The summed E-state index contributed by atoms with van der Waals surface area (Å²) in [6.07, 6.45) is 3.45. The van der Waals surface area contributed by atoms with Gasteiger partial charge in [0, 0.05) is 16.7 Å². The number of nitrogens with one attached hydrogen (secondary N) is 1. The minimum absolute atomic E-state index is 0.0464. The van der Waals surface area contributed by atoms with Crippen molar-refractivity contribution in [2.24, 2.45) is 0 Å². The summed E-state index contributed by atoms with van der Waals surface area (Å²) < 4.78 is 10.7. The normalized spacial score (nSPS) is 15.0. The molecule has 0 aromatic heterocycles. The molecular weight excluding hydrogens is 376 g/mol. The minimum Gasteiger partial charge on any atom is -0.493 e. The van der Waals surface area contributed by atoms with E-state index in [4.69, 9.17) is 21.1 Å². The van der Waals surface area contributed by atoms with Crippen molar-refractivity contribution in [1.82, 2.24) is 4.90 Å². The lowest BCUT2D eigenvalue weighted by molar-refractivity contribution is -0.917. The fourth-order valence-electron chi connectivity index (χ4n) is 3.38. The van der Waals surface area contributed by atoms with Gasteiger partial charge >= 0.3 is 0 Å². The largest absolute Gasteiger partial charge is 0.493 e. The first kappa shape index (κ1) is 20.2. The Morgan fingerprint density at radius 1 is 1.11 bits per heavy atom. The van der Waals surface area contributed by atoms with Crippen LogP contribution in [0.2, 0.25) is 5.02 Å². The van der Waals surface area contributed by atoms with Gasteiger partial charge in [0.25, 0.3) is 0 Å². The molecule has 2 aromatic rings. The predicted octanol–water partition coefficient (Wildman–Crippen LogP) is 2.30. The van der Waals surface area contributed by atoms with Gasteiger partial charge in [-0.25, -0.2) is 0 Å². The monoisotopic (exact) mass is 401 g/mol. The third-order valence-corrected chi connectivity index (χ3v) is 5.19. The van der Waals surface area contributed by atoms with E-state index < -0.39 is 0 Å². The van der Waals surface area contributed by atoms with Crippen molar-refractivity contribution in [3.8, 4) is 11.5 Å². The number of rotatable bonds is 6. The van der Waals surface area contributed by atoms with Gasteiger partial charge < -0.3 is 19.3 Å². The van der Waals surface area contributed by atoms with Gasteiger partial charge in [-0.1, -0.05) is 23.7 Å². The number of hydrogen-bond acceptors (Lipinski definition) is 3. The molecule has 1 saturated heterocycles. The summed E-state index contributed by atoms with van der Waals surface area (Å²) in [6, 6.07) is 13.5. The van der Waals surface area contributed by atoms with Gasteiger partial charge in [-0.2, -0.15) is 0 Å². The highest BCUT2D eigenvalue weighted by Crippen LogP contribution is 2.27. The van der Waals surface area contributed by atoms with Crippen LogP contribution in [0.25, 0.3) is 6.08 Å². The molecule has 6 heteroatoms. The molecule has 0 aliphatic carbocycles. The minimum atomic E-state index is 0.0464. The zero-order chi connectivity index (χ0) is 19.9. The van der Waals surface area contributed by atoms with Crippen LogP contribution in [0.1, 0.15) is 11.1 Å². The predicted molar refractivity (Wildman–Crippen MR) is 111 cm³/mol. The summed E-state index contributed by atoms with van der Waals surface area (Å²) >= 11 is 5.98. The molecule has 1 N–H and O–H groups in total. The van der Waals surface area contributed by atoms with Crippen LogP contribution < -0.4 is 14.4 Å². The van der Waals surface area contributed by atoms with Crippen molar-refractivity contribution in [3.63, 3.8) is 0 Å². The highest BCUT2D eigenvalue weighted by molar-refractivity contribution is 6.30. The molecule has 1 fully saturated rings. The van der Waals surface area contributed by atoms with Gasteiger partial charge in [0.05, 0.1) is 40.4 Å². The molecule has 1 heterocycles. The molecule has 1 aliphatic heterocycles. The first-order chi connectivity index (χ1) is 13.6. The Morgan fingerprint density at radius 2 is 1.86 bits per heavy atom. The number of methoxy groups -OCH3 is 2. The van der Waals surface area contributed by atoms with Gasteiger partial charge in [0.15, 0.2) is 11.5 Å². The van der Waals surface area contributed by atoms with E-state index in [1.165, 1.54) is 10.5 Å². The maximum absolute atomic E-state index is 12.4. The van der Waals surface area contributed by atoms with Crippen LogP contribution in [0, 0.1) is 0 Å². The fourth-order valence-corrected chi connectivity index (χ4v) is 3.58. The average Bonchev–Trinajstić information content (AvgIpc) is 2.72. The van der Waals surface area contributed by atoms with Crippen molar-refractivity contribution in [3.05, 3.63) is 64.7 Å². The molecule has 0 radical (unpaired) electrons. The SMILES string of the molecule is COc1ccc(C[NH+]2CCN(C(=O)/C=C/c3cccc(Cl)c3)CC2)cc1OC. The molecule has 0 unspecified atom stereocenters. The van der Waals surface area contributed by atoms with Crippen LogP contribution in [0.3, 0.4) is 0 Å². The Labute approximate surface area is 171 Å². The highest BCUT2D eigenvalue weighted by Gasteiger charge is 2.22. The van der Waals surface area contributed by atoms with Crippen molar-refractivity contribution in [1.29, 1.82) is 0 Å². The Bertz CT molecular complexity index is 845. The lowest BCUT2D eigenvalue weighted by Gasteiger charge is -2.31. The van der Waals surface area contributed by atoms with E-state index in [0.717, 1.165) is 49.8 Å². The summed E-state index contributed by atoms with van der Waals surface area (Å²) in [4.78, 5) is 15.8. The molecule has 0 saturated carbocycles. The Kier molecular flexibility index (Phi) is 6.95. The molecule has 0 bridgehead atoms. The van der Waals surface area contributed by atoms with Crippen LogP contribution in [-0.4, -0.2) is 51.2 Å². The molecule has 1 aliphatic rings. The molecule has 28 heavy (non-hydrogen) atoms. The number of benzene rings is 2. The van der Waals surface area contributed by atoms with Crippen LogP contribution in [0.4, 0.5) is 0 Å². The first-order valence-corrected chi connectivity index (χ1v) is 9.74. The van der Waals surface area contributed by atoms with E-state index in [9.17, 15) is 4.79 Å². The lowest BCUT2D eigenvalue weighted by atomic mass is 10.1. The van der Waals surface area contributed by atoms with Crippen LogP contribution in [-0.2, 0) is 11.3 Å². The Hall–Kier alpha value is -2.50. The van der Waals surface area contributed by atoms with Crippen molar-refractivity contribution in [2.45, 2.75) is 6.54 Å². The third kappa shape index (κ3) is 5.27. The van der Waals surface area contributed by atoms with E-state index in [0.29, 0.717) is 5.02 Å². The first-order valence-electron chi connectivity index (χ1n) is 9.36. The topological polar surface area (TPSA) is 43.2 Å². The van der Waals surface area contributed by atoms with E-state index in [1.807, 2.05) is 47.4 Å². The van der Waals surface area contributed by atoms with Gasteiger partial charge in [0.1, 0.15) is 6.54 Å². The number of piperazine rings is 1. The van der Waals surface area contributed by atoms with E-state index in [-0.39, 0.29) is 5.91 Å². The quantitative estimate of drug-likeness (QED) is 0.755. The number of carbonyl (C=O) groups excluding carboxylic acids is 1. The highest BCUT2D eigenvalue weighted by atomic mass is 35.5. The second-order valence-corrected chi connectivity index (χ2v) is 7.27. The summed E-state index contributed by atoms with van der Waals surface area (Å²) in [5.74, 6) is 1.53. The number of quaternary nitrogens is 1. The number of ether oxygens (including phenoxy) is 2. The van der Waals surface area contributed by atoms with Crippen LogP contribution in [0.15, 0.2) is 48.5 Å². The van der Waals surface area contributed by atoms with Crippen LogP contribution >= 0.6 is 11.6 Å². The lowest BCUT2D eigenvalue weighted by Crippen LogP contribution is -3.13. The smallest absolute Gasteiger partial charge is 0.246 e. The average molecular weight is 402 g/mol. The Balaban J connectivity index is 1.52. The summed E-state index contributed by atoms with van der Waals surface area (Å²) in [6.45, 7) is 4.25. The van der Waals surface area contributed by atoms with E-state index in [1.54, 1.807) is 20.3 Å². The molecule has 3 rings (SSSR count). The number of nitrogens with zero attached hydrogens (tertiary/aromatic N) is 1. The number of hydrogen-bond donors (Lipinski definition) is 1. The zero-order valence-corrected chi connectivity index (χ0v) is 17.0. The van der Waals surface area contributed by atoms with Gasteiger partial charge in [0.2, 0.25) is 5.91 Å². The number of carbonyl (C=O) groups is 1. The molecule has 0 spiro atoms. The molecule has 148 valence electrons. The van der Waals surface area contributed by atoms with Gasteiger partial charge in [-0.15, -0.1) is 0 Å². The molecule has 0 atom stereocenters. The second kappa shape index (κ2) is 9.62. The summed E-state index contributed by atoms with van der Waals surface area (Å²) in [5.41, 5.74) is 2.13. The van der Waals surface area contributed by atoms with Crippen molar-refractivity contribution < 1.29 is 19.2 Å². The summed E-state index contributed by atoms with van der Waals surface area (Å²) in [5, 5.41) is 0.668. The van der Waals surface area contributed by atoms with E-state index >= 15 is 0 Å².